The highest BCUT2D eigenvalue weighted by molar-refractivity contribution is 5.75. The fourth-order valence-electron chi connectivity index (χ4n) is 2.32. The first kappa shape index (κ1) is 13.9. The third-order valence-corrected chi connectivity index (χ3v) is 3.29. The van der Waals surface area contributed by atoms with Crippen LogP contribution in [0.1, 0.15) is 23.6 Å². The molecule has 0 saturated heterocycles. The largest absolute Gasteiger partial charge is 0.481 e. The van der Waals surface area contributed by atoms with E-state index in [1.807, 2.05) is 36.4 Å². The van der Waals surface area contributed by atoms with Crippen LogP contribution >= 0.6 is 0 Å². The first-order valence-corrected chi connectivity index (χ1v) is 6.55. The number of benzene rings is 2. The minimum absolute atomic E-state index is 0.0394. The fraction of sp³-hybridized carbons (Fsp3) is 0.167. The normalized spacial score (nSPS) is 10.0. The number of carbonyl (C=O) groups is 1. The Labute approximate surface area is 119 Å². The predicted octanol–water partition coefficient (Wildman–Crippen LogP) is 3.52. The van der Waals surface area contributed by atoms with Gasteiger partial charge in [-0.05, 0) is 29.2 Å². The van der Waals surface area contributed by atoms with E-state index >= 15 is 0 Å². The van der Waals surface area contributed by atoms with E-state index in [9.17, 15) is 4.79 Å². The van der Waals surface area contributed by atoms with Crippen molar-refractivity contribution in [2.24, 2.45) is 0 Å². The monoisotopic (exact) mass is 264 g/mol. The smallest absolute Gasteiger partial charge is 0.307 e. The molecule has 0 amide bonds. The number of aliphatic carboxylic acids is 1. The Morgan fingerprint density at radius 2 is 1.90 bits per heavy atom. The second kappa shape index (κ2) is 6.08. The van der Waals surface area contributed by atoms with Gasteiger partial charge in [-0.2, -0.15) is 0 Å². The van der Waals surface area contributed by atoms with E-state index in [4.69, 9.17) is 11.5 Å². The van der Waals surface area contributed by atoms with Crippen LogP contribution in [-0.4, -0.2) is 11.1 Å². The summed E-state index contributed by atoms with van der Waals surface area (Å²) in [4.78, 5) is 10.7. The molecule has 0 atom stereocenters. The van der Waals surface area contributed by atoms with Gasteiger partial charge in [-0.25, -0.2) is 0 Å². The second-order valence-electron chi connectivity index (χ2n) is 4.61. The number of carboxylic acid groups (broad SMARTS) is 1. The summed E-state index contributed by atoms with van der Waals surface area (Å²) in [5.41, 5.74) is 4.96. The lowest BCUT2D eigenvalue weighted by Gasteiger charge is -2.11. The van der Waals surface area contributed by atoms with Gasteiger partial charge in [-0.3, -0.25) is 4.79 Å². The molecule has 0 aromatic heterocycles. The number of hydrogen-bond acceptors (Lipinski definition) is 1. The van der Waals surface area contributed by atoms with Crippen molar-refractivity contribution in [2.75, 3.05) is 0 Å². The lowest BCUT2D eigenvalue weighted by atomic mass is 9.92. The van der Waals surface area contributed by atoms with Crippen LogP contribution in [0.15, 0.2) is 42.5 Å². The van der Waals surface area contributed by atoms with E-state index in [0.29, 0.717) is 0 Å². The fourth-order valence-corrected chi connectivity index (χ4v) is 2.32. The van der Waals surface area contributed by atoms with Gasteiger partial charge in [0.1, 0.15) is 0 Å². The molecule has 0 spiro atoms. The average molecular weight is 264 g/mol. The second-order valence-corrected chi connectivity index (χ2v) is 4.61. The third-order valence-electron chi connectivity index (χ3n) is 3.29. The Morgan fingerprint density at radius 3 is 2.45 bits per heavy atom. The van der Waals surface area contributed by atoms with Crippen LogP contribution in [0, 0.1) is 12.3 Å². The lowest BCUT2D eigenvalue weighted by Crippen LogP contribution is -1.99. The number of rotatable bonds is 4. The number of aryl methyl sites for hydroxylation is 1. The van der Waals surface area contributed by atoms with Gasteiger partial charge < -0.3 is 5.11 Å². The summed E-state index contributed by atoms with van der Waals surface area (Å²) in [6.45, 7) is 2.10. The summed E-state index contributed by atoms with van der Waals surface area (Å²) in [5, 5.41) is 8.79. The Hall–Kier alpha value is -2.53. The summed E-state index contributed by atoms with van der Waals surface area (Å²) in [6, 6.07) is 13.5. The molecule has 2 aromatic carbocycles. The first-order chi connectivity index (χ1) is 9.65. The van der Waals surface area contributed by atoms with Crippen molar-refractivity contribution < 1.29 is 9.90 Å². The van der Waals surface area contributed by atoms with Gasteiger partial charge in [0.15, 0.2) is 0 Å². The SMILES string of the molecule is C#Cc1cccc(CC)c1-c1ccc(CC(=O)O)cc1. The van der Waals surface area contributed by atoms with Crippen LogP contribution < -0.4 is 0 Å². The molecule has 0 aliphatic rings. The highest BCUT2D eigenvalue weighted by Crippen LogP contribution is 2.28. The Kier molecular flexibility index (Phi) is 4.22. The van der Waals surface area contributed by atoms with Crippen LogP contribution in [0.5, 0.6) is 0 Å². The predicted molar refractivity (Wildman–Crippen MR) is 80.5 cm³/mol. The number of carboxylic acids is 1. The third kappa shape index (κ3) is 2.89. The summed E-state index contributed by atoms with van der Waals surface area (Å²) in [6.07, 6.45) is 6.52. The van der Waals surface area contributed by atoms with Gasteiger partial charge in [0.25, 0.3) is 0 Å². The molecular weight excluding hydrogens is 248 g/mol. The molecule has 0 bridgehead atoms. The van der Waals surface area contributed by atoms with E-state index in [-0.39, 0.29) is 6.42 Å². The van der Waals surface area contributed by atoms with E-state index < -0.39 is 5.97 Å². The van der Waals surface area contributed by atoms with Crippen LogP contribution in [0.3, 0.4) is 0 Å². The Morgan fingerprint density at radius 1 is 1.20 bits per heavy atom. The van der Waals surface area contributed by atoms with E-state index in [2.05, 4.69) is 18.9 Å². The molecule has 0 aliphatic carbocycles. The summed E-state index contributed by atoms with van der Waals surface area (Å²) in [5.74, 6) is 1.90. The molecule has 0 aliphatic heterocycles. The van der Waals surface area contributed by atoms with Crippen molar-refractivity contribution in [3.8, 4) is 23.5 Å². The van der Waals surface area contributed by atoms with Crippen molar-refractivity contribution >= 4 is 5.97 Å². The lowest BCUT2D eigenvalue weighted by molar-refractivity contribution is -0.136. The van der Waals surface area contributed by atoms with Gasteiger partial charge in [0, 0.05) is 11.1 Å². The van der Waals surface area contributed by atoms with Crippen molar-refractivity contribution in [1.82, 2.24) is 0 Å². The topological polar surface area (TPSA) is 37.3 Å². The standard InChI is InChI=1S/C18H16O2/c1-3-14-6-5-7-15(4-2)18(14)16-10-8-13(9-11-16)12-17(19)20/h1,5-11H,4,12H2,2H3,(H,19,20). The van der Waals surface area contributed by atoms with Crippen LogP contribution in [-0.2, 0) is 17.6 Å². The molecule has 0 unspecified atom stereocenters. The molecule has 100 valence electrons. The molecule has 0 radical (unpaired) electrons. The first-order valence-electron chi connectivity index (χ1n) is 6.55. The van der Waals surface area contributed by atoms with Crippen LogP contribution in [0.4, 0.5) is 0 Å². The molecule has 2 aromatic rings. The minimum atomic E-state index is -0.823. The zero-order valence-electron chi connectivity index (χ0n) is 11.4. The maximum absolute atomic E-state index is 10.7. The molecule has 1 N–H and O–H groups in total. The maximum atomic E-state index is 10.7. The van der Waals surface area contributed by atoms with E-state index in [1.54, 1.807) is 0 Å². The van der Waals surface area contributed by atoms with E-state index in [1.165, 1.54) is 5.56 Å². The van der Waals surface area contributed by atoms with Gasteiger partial charge in [0.2, 0.25) is 0 Å². The van der Waals surface area contributed by atoms with Gasteiger partial charge in [-0.15, -0.1) is 6.42 Å². The van der Waals surface area contributed by atoms with Crippen LogP contribution in [0.2, 0.25) is 0 Å². The zero-order chi connectivity index (χ0) is 14.5. The maximum Gasteiger partial charge on any atom is 0.307 e. The number of terminal acetylenes is 1. The Balaban J connectivity index is 2.46. The molecular formula is C18H16O2. The van der Waals surface area contributed by atoms with Gasteiger partial charge in [-0.1, -0.05) is 49.2 Å². The van der Waals surface area contributed by atoms with Gasteiger partial charge >= 0.3 is 5.97 Å². The highest BCUT2D eigenvalue weighted by Gasteiger charge is 2.09. The zero-order valence-corrected chi connectivity index (χ0v) is 11.4. The van der Waals surface area contributed by atoms with Crippen LogP contribution in [0.25, 0.3) is 11.1 Å². The number of hydrogen-bond donors (Lipinski definition) is 1. The van der Waals surface area contributed by atoms with E-state index in [0.717, 1.165) is 28.7 Å². The van der Waals surface area contributed by atoms with Crippen molar-refractivity contribution in [2.45, 2.75) is 19.8 Å². The minimum Gasteiger partial charge on any atom is -0.481 e. The Bertz CT molecular complexity index is 661. The molecule has 0 saturated carbocycles. The summed E-state index contributed by atoms with van der Waals surface area (Å²) in [7, 11) is 0. The molecule has 0 fully saturated rings. The van der Waals surface area contributed by atoms with Crippen molar-refractivity contribution in [3.05, 3.63) is 59.2 Å². The van der Waals surface area contributed by atoms with Gasteiger partial charge in [0.05, 0.1) is 6.42 Å². The van der Waals surface area contributed by atoms with Crippen molar-refractivity contribution in [1.29, 1.82) is 0 Å². The highest BCUT2D eigenvalue weighted by atomic mass is 16.4. The summed E-state index contributed by atoms with van der Waals surface area (Å²) < 4.78 is 0. The molecule has 0 heterocycles. The average Bonchev–Trinajstić information content (AvgIpc) is 2.46. The summed E-state index contributed by atoms with van der Waals surface area (Å²) >= 11 is 0. The molecule has 2 nitrogen and oxygen atoms in total. The molecule has 2 heteroatoms. The quantitative estimate of drug-likeness (QED) is 0.858. The molecule has 2 rings (SSSR count). The molecule has 20 heavy (non-hydrogen) atoms. The van der Waals surface area contributed by atoms with Crippen molar-refractivity contribution in [3.63, 3.8) is 0 Å².